The molecule has 4 heteroatoms. The van der Waals surface area contributed by atoms with Crippen LogP contribution in [0.15, 0.2) is 0 Å². The van der Waals surface area contributed by atoms with E-state index in [0.29, 0.717) is 0 Å². The minimum absolute atomic E-state index is 0. The smallest absolute Gasteiger partial charge is 0.0149 e. The summed E-state index contributed by atoms with van der Waals surface area (Å²) in [4.78, 5) is 0. The molecular formula is H10Cl2Si2. The topological polar surface area (TPSA) is 0 Å². The molecule has 0 amide bonds. The second-order valence-corrected chi connectivity index (χ2v) is 0. The molecule has 0 radical (unpaired) electrons. The minimum Gasteiger partial charge on any atom is -0.147 e. The van der Waals surface area contributed by atoms with E-state index in [1.807, 2.05) is 0 Å². The van der Waals surface area contributed by atoms with Crippen molar-refractivity contribution in [2.45, 2.75) is 0 Å². The lowest BCUT2D eigenvalue weighted by atomic mass is 28.1. The van der Waals surface area contributed by atoms with E-state index in [4.69, 9.17) is 0 Å². The summed E-state index contributed by atoms with van der Waals surface area (Å²) in [7, 11) is 0. The fraction of sp³-hybridized carbons (Fsp3) is 0. The molecule has 32 valence electrons. The van der Waals surface area contributed by atoms with Crippen LogP contribution in [0.1, 0.15) is 0 Å². The van der Waals surface area contributed by atoms with Gasteiger partial charge in [0.15, 0.2) is 0 Å². The summed E-state index contributed by atoms with van der Waals surface area (Å²) < 4.78 is 0. The predicted octanol–water partition coefficient (Wildman–Crippen LogP) is -2.06. The molecule has 0 saturated heterocycles. The SMILES string of the molecule is Cl.Cl.[SiH4].[SiH4]. The largest absolute Gasteiger partial charge is 0.147 e. The maximum atomic E-state index is 0. The van der Waals surface area contributed by atoms with Crippen LogP contribution in [-0.2, 0) is 0 Å². The average molecular weight is 137 g/mol. The first-order valence-electron chi connectivity index (χ1n) is 0. The lowest BCUT2D eigenvalue weighted by molar-refractivity contribution is 5.75. The quantitative estimate of drug-likeness (QED) is 0.337. The molecule has 0 unspecified atom stereocenters. The van der Waals surface area contributed by atoms with E-state index in [0.717, 1.165) is 0 Å². The maximum Gasteiger partial charge on any atom is -0.0149 e. The molecule has 0 atom stereocenters. The van der Waals surface area contributed by atoms with Crippen molar-refractivity contribution in [2.24, 2.45) is 0 Å². The van der Waals surface area contributed by atoms with Crippen molar-refractivity contribution in [3.63, 3.8) is 0 Å². The summed E-state index contributed by atoms with van der Waals surface area (Å²) in [6.07, 6.45) is 0. The fourth-order valence-corrected chi connectivity index (χ4v) is 0. The third-order valence-electron chi connectivity index (χ3n) is 0. The zero-order valence-corrected chi connectivity index (χ0v) is 2.45. The first-order chi connectivity index (χ1) is 0. The van der Waals surface area contributed by atoms with Gasteiger partial charge in [-0.2, -0.15) is 0 Å². The number of rotatable bonds is 0. The molecule has 0 rings (SSSR count). The molecular weight excluding hydrogens is 127 g/mol. The van der Waals surface area contributed by atoms with E-state index in [2.05, 4.69) is 0 Å². The van der Waals surface area contributed by atoms with E-state index >= 15 is 0 Å². The molecule has 0 nitrogen and oxygen atoms in total. The van der Waals surface area contributed by atoms with E-state index in [1.165, 1.54) is 0 Å². The van der Waals surface area contributed by atoms with E-state index in [9.17, 15) is 0 Å². The molecule has 0 heterocycles. The van der Waals surface area contributed by atoms with Crippen LogP contribution < -0.4 is 0 Å². The van der Waals surface area contributed by atoms with Crippen molar-refractivity contribution < 1.29 is 0 Å². The van der Waals surface area contributed by atoms with Gasteiger partial charge in [0.1, 0.15) is 0 Å². The Bertz CT molecular complexity index is 4.00. The van der Waals surface area contributed by atoms with Crippen LogP contribution in [0.3, 0.4) is 0 Å². The second-order valence-electron chi connectivity index (χ2n) is 0. The third kappa shape index (κ3) is 11.9. The Morgan fingerprint density at radius 2 is 0.500 bits per heavy atom. The van der Waals surface area contributed by atoms with Crippen molar-refractivity contribution in [1.29, 1.82) is 0 Å². The molecule has 0 fully saturated rings. The highest BCUT2D eigenvalue weighted by Crippen LogP contribution is 0.691. The van der Waals surface area contributed by atoms with Crippen LogP contribution in [0.4, 0.5) is 0 Å². The predicted molar refractivity (Wildman–Crippen MR) is 37.2 cm³/mol. The summed E-state index contributed by atoms with van der Waals surface area (Å²) in [5.74, 6) is 0. The Morgan fingerprint density at radius 1 is 0.500 bits per heavy atom. The van der Waals surface area contributed by atoms with E-state index in [-0.39, 0.29) is 46.7 Å². The molecule has 0 aliphatic carbocycles. The first kappa shape index (κ1) is 78.6. The molecule has 0 aromatic heterocycles. The van der Waals surface area contributed by atoms with Gasteiger partial charge in [0.25, 0.3) is 0 Å². The molecule has 4 heavy (non-hydrogen) atoms. The van der Waals surface area contributed by atoms with Crippen LogP contribution >= 0.6 is 24.8 Å². The van der Waals surface area contributed by atoms with Crippen molar-refractivity contribution >= 4 is 46.7 Å². The summed E-state index contributed by atoms with van der Waals surface area (Å²) in [6, 6.07) is 0. The highest BCUT2D eigenvalue weighted by atomic mass is 35.5. The van der Waals surface area contributed by atoms with Gasteiger partial charge in [-0.25, -0.2) is 0 Å². The Balaban J connectivity index is 0. The van der Waals surface area contributed by atoms with Crippen LogP contribution in [0.25, 0.3) is 0 Å². The molecule has 0 aliphatic heterocycles. The summed E-state index contributed by atoms with van der Waals surface area (Å²) >= 11 is 0. The molecule has 0 bridgehead atoms. The fourth-order valence-electron chi connectivity index (χ4n) is 0. The van der Waals surface area contributed by atoms with Gasteiger partial charge < -0.3 is 0 Å². The van der Waals surface area contributed by atoms with Gasteiger partial charge in [0.05, 0.1) is 0 Å². The van der Waals surface area contributed by atoms with Crippen LogP contribution in [0.2, 0.25) is 0 Å². The number of hydrogen-bond acceptors (Lipinski definition) is 0. The van der Waals surface area contributed by atoms with Gasteiger partial charge in [-0.15, -0.1) is 24.8 Å². The Kier molecular flexibility index (Phi) is 697. The summed E-state index contributed by atoms with van der Waals surface area (Å²) in [5, 5.41) is 0. The first-order valence-corrected chi connectivity index (χ1v) is 0. The van der Waals surface area contributed by atoms with Crippen LogP contribution in [0.5, 0.6) is 0 Å². The molecule has 0 N–H and O–H groups in total. The molecule has 0 saturated carbocycles. The van der Waals surface area contributed by atoms with Gasteiger partial charge in [-0.1, -0.05) is 0 Å². The molecule has 0 aliphatic rings. The van der Waals surface area contributed by atoms with E-state index in [1.54, 1.807) is 0 Å². The van der Waals surface area contributed by atoms with Gasteiger partial charge >= 0.3 is 0 Å². The Labute approximate surface area is 47.2 Å². The van der Waals surface area contributed by atoms with Crippen LogP contribution in [-0.4, -0.2) is 21.9 Å². The molecule has 0 aromatic carbocycles. The summed E-state index contributed by atoms with van der Waals surface area (Å²) in [5.41, 5.74) is 0. The number of halogens is 2. The average Bonchev–Trinajstić information content (AvgIpc) is 0. The van der Waals surface area contributed by atoms with Crippen molar-refractivity contribution in [3.05, 3.63) is 0 Å². The van der Waals surface area contributed by atoms with Gasteiger partial charge in [-0.05, 0) is 21.9 Å². The van der Waals surface area contributed by atoms with E-state index < -0.39 is 0 Å². The van der Waals surface area contributed by atoms with Crippen molar-refractivity contribution in [2.75, 3.05) is 0 Å². The monoisotopic (exact) mass is 136 g/mol. The normalized spacial score (nSPS) is 0. The third-order valence-corrected chi connectivity index (χ3v) is 0. The lowest BCUT2D eigenvalue weighted by Crippen LogP contribution is -0.382. The van der Waals surface area contributed by atoms with Gasteiger partial charge in [-0.3, -0.25) is 0 Å². The van der Waals surface area contributed by atoms with Crippen molar-refractivity contribution in [3.8, 4) is 0 Å². The Morgan fingerprint density at radius 3 is 0.500 bits per heavy atom. The highest BCUT2D eigenvalue weighted by Gasteiger charge is -0.0138. The number of hydrogen-bond donors (Lipinski definition) is 0. The standard InChI is InChI=1S/2ClH.2H4Si/h2*1H;2*1H4. The lowest BCUT2D eigenvalue weighted by Gasteiger charge is -0.148. The zero-order valence-electron chi connectivity index (χ0n) is 0.816. The van der Waals surface area contributed by atoms with Gasteiger partial charge in [0, 0.05) is 0 Å². The van der Waals surface area contributed by atoms with Gasteiger partial charge in [0.2, 0.25) is 0 Å². The molecule has 0 spiro atoms. The van der Waals surface area contributed by atoms with Crippen LogP contribution in [0, 0.1) is 0 Å². The Hall–Kier alpha value is 1.01. The minimum atomic E-state index is 0. The van der Waals surface area contributed by atoms with Crippen molar-refractivity contribution in [1.82, 2.24) is 0 Å². The maximum absolute atomic E-state index is 0. The second kappa shape index (κ2) is 35.5. The summed E-state index contributed by atoms with van der Waals surface area (Å²) in [6.45, 7) is 0. The molecule has 0 aromatic rings. The highest BCUT2D eigenvalue weighted by molar-refractivity contribution is 5.85. The zero-order chi connectivity index (χ0) is 0.